The molecule has 3 aromatic rings. The normalized spacial score (nSPS) is 11.4. The maximum absolute atomic E-state index is 10.7. The lowest BCUT2D eigenvalue weighted by Gasteiger charge is -2.08. The zero-order valence-corrected chi connectivity index (χ0v) is 17.8. The fraction of sp³-hybridized carbons (Fsp3) is 0.227. The second kappa shape index (κ2) is 8.87. The van der Waals surface area contributed by atoms with Crippen molar-refractivity contribution >= 4 is 28.7 Å². The molecule has 0 saturated carbocycles. The van der Waals surface area contributed by atoms with Gasteiger partial charge in [0, 0.05) is 18.3 Å². The van der Waals surface area contributed by atoms with E-state index in [2.05, 4.69) is 40.0 Å². The summed E-state index contributed by atoms with van der Waals surface area (Å²) in [6.45, 7) is 5.91. The number of aromatic nitrogens is 2. The maximum Gasteiger partial charge on any atom is 0.191 e. The van der Waals surface area contributed by atoms with Crippen molar-refractivity contribution in [3.8, 4) is 17.0 Å². The van der Waals surface area contributed by atoms with Gasteiger partial charge in [-0.15, -0.1) is 0 Å². The number of hydrazone groups is 1. The van der Waals surface area contributed by atoms with E-state index in [1.807, 2.05) is 43.3 Å². The zero-order chi connectivity index (χ0) is 21.0. The molecule has 0 amide bonds. The minimum absolute atomic E-state index is 0.0946. The van der Waals surface area contributed by atoms with E-state index in [9.17, 15) is 5.11 Å². The molecule has 3 N–H and O–H groups in total. The van der Waals surface area contributed by atoms with Crippen LogP contribution in [0.2, 0.25) is 0 Å². The molecule has 1 aromatic heterocycles. The van der Waals surface area contributed by atoms with Crippen LogP contribution in [0.1, 0.15) is 30.7 Å². The van der Waals surface area contributed by atoms with Crippen molar-refractivity contribution in [3.05, 3.63) is 65.4 Å². The van der Waals surface area contributed by atoms with E-state index in [4.69, 9.17) is 12.2 Å². The predicted octanol–water partition coefficient (Wildman–Crippen LogP) is 4.37. The van der Waals surface area contributed by atoms with Gasteiger partial charge in [0.2, 0.25) is 0 Å². The Bertz CT molecular complexity index is 1040. The third kappa shape index (κ3) is 4.81. The summed E-state index contributed by atoms with van der Waals surface area (Å²) in [6, 6.07) is 16.0. The molecule has 0 atom stereocenters. The third-order valence-corrected chi connectivity index (χ3v) is 4.83. The first kappa shape index (κ1) is 20.5. The Morgan fingerprint density at radius 2 is 1.79 bits per heavy atom. The van der Waals surface area contributed by atoms with E-state index < -0.39 is 0 Å². The highest BCUT2D eigenvalue weighted by Crippen LogP contribution is 2.32. The molecule has 0 spiro atoms. The summed E-state index contributed by atoms with van der Waals surface area (Å²) < 4.78 is 1.66. The van der Waals surface area contributed by atoms with Gasteiger partial charge in [0.15, 0.2) is 16.6 Å². The lowest BCUT2D eigenvalue weighted by molar-refractivity contribution is 0.475. The second-order valence-electron chi connectivity index (χ2n) is 6.85. The molecule has 0 unspecified atom stereocenters. The van der Waals surface area contributed by atoms with Crippen LogP contribution >= 0.6 is 12.2 Å². The second-order valence-corrected chi connectivity index (χ2v) is 7.26. The Morgan fingerprint density at radius 1 is 1.14 bits per heavy atom. The van der Waals surface area contributed by atoms with Gasteiger partial charge in [-0.1, -0.05) is 48.9 Å². The van der Waals surface area contributed by atoms with Crippen molar-refractivity contribution in [2.75, 3.05) is 5.32 Å². The highest BCUT2D eigenvalue weighted by atomic mass is 32.1. The number of thiocarbonyl (C=S) groups is 1. The molecule has 0 fully saturated rings. The van der Waals surface area contributed by atoms with Crippen LogP contribution in [0.5, 0.6) is 5.75 Å². The van der Waals surface area contributed by atoms with Gasteiger partial charge in [0.1, 0.15) is 5.69 Å². The molecular weight excluding hydrogens is 382 g/mol. The van der Waals surface area contributed by atoms with Gasteiger partial charge in [0.05, 0.1) is 5.71 Å². The van der Waals surface area contributed by atoms with Crippen molar-refractivity contribution in [1.82, 2.24) is 15.2 Å². The minimum atomic E-state index is 0.0946. The molecule has 29 heavy (non-hydrogen) atoms. The standard InChI is InChI=1S/C22H25N5OS/c1-5-16-8-10-17(11-9-16)20-21(28)19(26-27(20)4)15(3)24-25-22(29)23-18-12-6-14(2)7-13-18/h6-13,28H,5H2,1-4H3,(H2,23,25,29)/b24-15+. The van der Waals surface area contributed by atoms with E-state index in [1.165, 1.54) is 11.1 Å². The first-order chi connectivity index (χ1) is 13.9. The van der Waals surface area contributed by atoms with Crippen LogP contribution in [0.15, 0.2) is 53.6 Å². The van der Waals surface area contributed by atoms with Crippen molar-refractivity contribution in [2.45, 2.75) is 27.2 Å². The van der Waals surface area contributed by atoms with Crippen molar-refractivity contribution < 1.29 is 5.11 Å². The molecule has 0 aliphatic carbocycles. The number of anilines is 1. The van der Waals surface area contributed by atoms with Crippen LogP contribution in [-0.4, -0.2) is 25.7 Å². The average molecular weight is 408 g/mol. The molecule has 0 saturated heterocycles. The molecular formula is C22H25N5OS. The van der Waals surface area contributed by atoms with E-state index in [0.29, 0.717) is 22.2 Å². The highest BCUT2D eigenvalue weighted by molar-refractivity contribution is 7.80. The summed E-state index contributed by atoms with van der Waals surface area (Å²) in [7, 11) is 1.80. The Kier molecular flexibility index (Phi) is 6.29. The monoisotopic (exact) mass is 407 g/mol. The van der Waals surface area contributed by atoms with Gasteiger partial charge in [-0.3, -0.25) is 10.1 Å². The summed E-state index contributed by atoms with van der Waals surface area (Å²) in [4.78, 5) is 0. The maximum atomic E-state index is 10.7. The van der Waals surface area contributed by atoms with Gasteiger partial charge in [-0.25, -0.2) is 0 Å². The number of benzene rings is 2. The topological polar surface area (TPSA) is 74.5 Å². The molecule has 0 aliphatic heterocycles. The first-order valence-corrected chi connectivity index (χ1v) is 9.83. The number of nitrogens with zero attached hydrogens (tertiary/aromatic N) is 3. The zero-order valence-electron chi connectivity index (χ0n) is 17.0. The molecule has 2 aromatic carbocycles. The molecule has 1 heterocycles. The van der Waals surface area contributed by atoms with E-state index in [1.54, 1.807) is 18.7 Å². The number of aryl methyl sites for hydroxylation is 3. The van der Waals surface area contributed by atoms with E-state index >= 15 is 0 Å². The smallest absolute Gasteiger partial charge is 0.191 e. The number of nitrogens with one attached hydrogen (secondary N) is 2. The highest BCUT2D eigenvalue weighted by Gasteiger charge is 2.19. The molecule has 7 heteroatoms. The fourth-order valence-electron chi connectivity index (χ4n) is 2.96. The largest absolute Gasteiger partial charge is 0.504 e. The average Bonchev–Trinajstić information content (AvgIpc) is 3.02. The SMILES string of the molecule is CCc1ccc(-c2c(O)c(/C(C)=N/NC(=S)Nc3ccc(C)cc3)nn2C)cc1. The number of rotatable bonds is 5. The van der Waals surface area contributed by atoms with Gasteiger partial charge in [-0.2, -0.15) is 10.2 Å². The summed E-state index contributed by atoms with van der Waals surface area (Å²) >= 11 is 5.28. The van der Waals surface area contributed by atoms with Gasteiger partial charge >= 0.3 is 0 Å². The van der Waals surface area contributed by atoms with E-state index in [-0.39, 0.29) is 5.75 Å². The Morgan fingerprint density at radius 3 is 2.41 bits per heavy atom. The fourth-order valence-corrected chi connectivity index (χ4v) is 3.13. The lowest BCUT2D eigenvalue weighted by Crippen LogP contribution is -2.25. The first-order valence-electron chi connectivity index (χ1n) is 9.42. The summed E-state index contributed by atoms with van der Waals surface area (Å²) in [5.41, 5.74) is 8.59. The molecule has 0 radical (unpaired) electrons. The van der Waals surface area contributed by atoms with E-state index in [0.717, 1.165) is 17.7 Å². The third-order valence-electron chi connectivity index (χ3n) is 4.64. The van der Waals surface area contributed by atoms with Crippen LogP contribution in [0.4, 0.5) is 5.69 Å². The van der Waals surface area contributed by atoms with Gasteiger partial charge in [-0.05, 0) is 50.2 Å². The molecule has 0 aliphatic rings. The van der Waals surface area contributed by atoms with Crippen molar-refractivity contribution in [1.29, 1.82) is 0 Å². The Hall–Kier alpha value is -3.19. The Labute approximate surface area is 176 Å². The predicted molar refractivity (Wildman–Crippen MR) is 122 cm³/mol. The molecule has 150 valence electrons. The molecule has 0 bridgehead atoms. The van der Waals surface area contributed by atoms with Gasteiger partial charge in [0.25, 0.3) is 0 Å². The summed E-state index contributed by atoms with van der Waals surface area (Å²) in [5.74, 6) is 0.0946. The summed E-state index contributed by atoms with van der Waals surface area (Å²) in [5, 5.41) is 22.9. The van der Waals surface area contributed by atoms with Crippen LogP contribution in [0.25, 0.3) is 11.3 Å². The van der Waals surface area contributed by atoms with Crippen molar-refractivity contribution in [2.24, 2.45) is 12.1 Å². The van der Waals surface area contributed by atoms with Crippen LogP contribution in [0.3, 0.4) is 0 Å². The lowest BCUT2D eigenvalue weighted by atomic mass is 10.1. The molecule has 6 nitrogen and oxygen atoms in total. The molecule has 3 rings (SSSR count). The quantitative estimate of drug-likeness (QED) is 0.333. The van der Waals surface area contributed by atoms with Crippen LogP contribution in [0, 0.1) is 6.92 Å². The summed E-state index contributed by atoms with van der Waals surface area (Å²) in [6.07, 6.45) is 0.969. The van der Waals surface area contributed by atoms with Gasteiger partial charge < -0.3 is 10.4 Å². The van der Waals surface area contributed by atoms with Crippen LogP contribution < -0.4 is 10.7 Å². The van der Waals surface area contributed by atoms with Crippen molar-refractivity contribution in [3.63, 3.8) is 0 Å². The van der Waals surface area contributed by atoms with Crippen LogP contribution in [-0.2, 0) is 13.5 Å². The number of aromatic hydroxyl groups is 1. The Balaban J connectivity index is 1.75. The number of hydrogen-bond acceptors (Lipinski definition) is 4. The minimum Gasteiger partial charge on any atom is -0.504 e. The number of hydrogen-bond donors (Lipinski definition) is 3.